The van der Waals surface area contributed by atoms with Crippen LogP contribution in [0.3, 0.4) is 0 Å². The lowest BCUT2D eigenvalue weighted by molar-refractivity contribution is -0.133. The topological polar surface area (TPSA) is 80.1 Å². The molecule has 3 heterocycles. The zero-order valence-electron chi connectivity index (χ0n) is 17.1. The van der Waals surface area contributed by atoms with E-state index >= 15 is 0 Å². The highest BCUT2D eigenvalue weighted by Crippen LogP contribution is 2.32. The number of carbonyl (C=O) groups excluding carboxylic acids is 2. The number of pyridine rings is 1. The van der Waals surface area contributed by atoms with Crippen molar-refractivity contribution in [3.05, 3.63) is 83.7 Å². The lowest BCUT2D eigenvalue weighted by Gasteiger charge is -2.36. The average Bonchev–Trinajstić information content (AvgIpc) is 3.26. The Morgan fingerprint density at radius 3 is 2.74 bits per heavy atom. The minimum atomic E-state index is -0.361. The van der Waals surface area contributed by atoms with Gasteiger partial charge in [0.25, 0.3) is 5.91 Å². The molecule has 3 aromatic rings. The molecule has 2 amide bonds. The van der Waals surface area contributed by atoms with Crippen LogP contribution in [0, 0.1) is 12.3 Å². The van der Waals surface area contributed by atoms with E-state index in [0.29, 0.717) is 44.0 Å². The SMILES string of the molecule is C#CCCC(=O)N1CCn2cc(C(=O)NCc3cccnc3)nc2C1c1ccccc1. The van der Waals surface area contributed by atoms with E-state index in [2.05, 4.69) is 21.2 Å². The molecule has 0 spiro atoms. The van der Waals surface area contributed by atoms with Gasteiger partial charge in [0.1, 0.15) is 17.6 Å². The maximum Gasteiger partial charge on any atom is 0.271 e. The summed E-state index contributed by atoms with van der Waals surface area (Å²) in [6, 6.07) is 13.1. The van der Waals surface area contributed by atoms with Crippen molar-refractivity contribution in [3.8, 4) is 12.3 Å². The molecule has 1 aromatic carbocycles. The van der Waals surface area contributed by atoms with Gasteiger partial charge in [-0.3, -0.25) is 14.6 Å². The summed E-state index contributed by atoms with van der Waals surface area (Å²) < 4.78 is 1.96. The van der Waals surface area contributed by atoms with Crippen molar-refractivity contribution in [1.29, 1.82) is 0 Å². The quantitative estimate of drug-likeness (QED) is 0.630. The van der Waals surface area contributed by atoms with E-state index in [1.165, 1.54) is 0 Å². The summed E-state index contributed by atoms with van der Waals surface area (Å²) in [4.78, 5) is 36.1. The largest absolute Gasteiger partial charge is 0.347 e. The van der Waals surface area contributed by atoms with Gasteiger partial charge in [0.05, 0.1) is 0 Å². The number of rotatable bonds is 6. The maximum atomic E-state index is 12.9. The molecule has 0 saturated carbocycles. The van der Waals surface area contributed by atoms with Crippen LogP contribution in [-0.2, 0) is 17.9 Å². The predicted molar refractivity (Wildman–Crippen MR) is 116 cm³/mol. The Balaban J connectivity index is 1.60. The third-order valence-electron chi connectivity index (χ3n) is 5.27. The van der Waals surface area contributed by atoms with Crippen LogP contribution in [0.5, 0.6) is 0 Å². The van der Waals surface area contributed by atoms with Crippen molar-refractivity contribution >= 4 is 11.8 Å². The molecule has 1 unspecified atom stereocenters. The van der Waals surface area contributed by atoms with Crippen LogP contribution in [0.4, 0.5) is 0 Å². The van der Waals surface area contributed by atoms with Gasteiger partial charge in [-0.2, -0.15) is 0 Å². The number of aromatic nitrogens is 3. The highest BCUT2D eigenvalue weighted by atomic mass is 16.2. The molecule has 156 valence electrons. The number of carbonyl (C=O) groups is 2. The number of imidazole rings is 1. The Labute approximate surface area is 181 Å². The van der Waals surface area contributed by atoms with Crippen molar-refractivity contribution in [2.45, 2.75) is 32.0 Å². The van der Waals surface area contributed by atoms with Crippen molar-refractivity contribution in [2.75, 3.05) is 6.54 Å². The second-order valence-electron chi connectivity index (χ2n) is 7.33. The Morgan fingerprint density at radius 2 is 2.00 bits per heavy atom. The molecule has 1 aliphatic heterocycles. The first-order valence-corrected chi connectivity index (χ1v) is 10.2. The van der Waals surface area contributed by atoms with E-state index in [0.717, 1.165) is 11.1 Å². The minimum Gasteiger partial charge on any atom is -0.347 e. The number of amides is 2. The summed E-state index contributed by atoms with van der Waals surface area (Å²) in [5.74, 6) is 2.94. The highest BCUT2D eigenvalue weighted by molar-refractivity contribution is 5.92. The molecule has 0 bridgehead atoms. The van der Waals surface area contributed by atoms with Gasteiger partial charge in [-0.25, -0.2) is 4.98 Å². The fraction of sp³-hybridized carbons (Fsp3) is 0.250. The molecule has 2 aromatic heterocycles. The molecule has 1 aliphatic rings. The Morgan fingerprint density at radius 1 is 1.16 bits per heavy atom. The predicted octanol–water partition coefficient (Wildman–Crippen LogP) is 2.55. The Kier molecular flexibility index (Phi) is 6.08. The molecule has 0 radical (unpaired) electrons. The van der Waals surface area contributed by atoms with Crippen LogP contribution >= 0.6 is 0 Å². The van der Waals surface area contributed by atoms with Gasteiger partial charge in [-0.1, -0.05) is 36.4 Å². The van der Waals surface area contributed by atoms with Crippen LogP contribution in [0.15, 0.2) is 61.1 Å². The number of nitrogens with zero attached hydrogens (tertiary/aromatic N) is 4. The van der Waals surface area contributed by atoms with Crippen LogP contribution in [0.1, 0.15) is 46.3 Å². The standard InChI is InChI=1S/C24H23N5O2/c1-2-3-11-21(30)29-14-13-28-17-20(24(31)26-16-18-8-7-12-25-15-18)27-23(28)22(29)19-9-5-4-6-10-19/h1,4-10,12,15,17,22H,3,11,13-14,16H2,(H,26,31). The van der Waals surface area contributed by atoms with E-state index in [-0.39, 0.29) is 17.9 Å². The summed E-state index contributed by atoms with van der Waals surface area (Å²) in [6.07, 6.45) is 11.2. The Bertz CT molecular complexity index is 1100. The summed E-state index contributed by atoms with van der Waals surface area (Å²) in [5, 5.41) is 2.88. The summed E-state index contributed by atoms with van der Waals surface area (Å²) in [7, 11) is 0. The van der Waals surface area contributed by atoms with Crippen LogP contribution < -0.4 is 5.32 Å². The monoisotopic (exact) mass is 413 g/mol. The van der Waals surface area contributed by atoms with Crippen LogP contribution in [-0.4, -0.2) is 37.8 Å². The van der Waals surface area contributed by atoms with Crippen molar-refractivity contribution in [1.82, 2.24) is 24.8 Å². The van der Waals surface area contributed by atoms with Crippen molar-refractivity contribution in [2.24, 2.45) is 0 Å². The fourth-order valence-corrected chi connectivity index (χ4v) is 3.75. The molecule has 0 aliphatic carbocycles. The minimum absolute atomic E-state index is 0.0105. The molecule has 0 fully saturated rings. The van der Waals surface area contributed by atoms with Crippen molar-refractivity contribution in [3.63, 3.8) is 0 Å². The van der Waals surface area contributed by atoms with Gasteiger partial charge in [-0.15, -0.1) is 12.3 Å². The number of hydrogen-bond acceptors (Lipinski definition) is 4. The van der Waals surface area contributed by atoms with Crippen molar-refractivity contribution < 1.29 is 9.59 Å². The first-order chi connectivity index (χ1) is 15.2. The normalized spacial score (nSPS) is 15.1. The second kappa shape index (κ2) is 9.26. The van der Waals surface area contributed by atoms with E-state index in [1.54, 1.807) is 18.6 Å². The number of fused-ring (bicyclic) bond motifs is 1. The number of hydrogen-bond donors (Lipinski definition) is 1. The molecule has 4 rings (SSSR count). The van der Waals surface area contributed by atoms with Gasteiger partial charge in [-0.05, 0) is 17.2 Å². The zero-order chi connectivity index (χ0) is 21.6. The zero-order valence-corrected chi connectivity index (χ0v) is 17.1. The average molecular weight is 413 g/mol. The van der Waals surface area contributed by atoms with Gasteiger partial charge in [0.15, 0.2) is 0 Å². The van der Waals surface area contributed by atoms with E-state index in [4.69, 9.17) is 6.42 Å². The molecular formula is C24H23N5O2. The number of nitrogens with one attached hydrogen (secondary N) is 1. The molecular weight excluding hydrogens is 390 g/mol. The second-order valence-corrected chi connectivity index (χ2v) is 7.33. The Hall–Kier alpha value is -3.92. The molecule has 7 heteroatoms. The summed E-state index contributed by atoms with van der Waals surface area (Å²) in [6.45, 7) is 1.47. The van der Waals surface area contributed by atoms with Gasteiger partial charge < -0.3 is 14.8 Å². The third kappa shape index (κ3) is 4.48. The molecule has 31 heavy (non-hydrogen) atoms. The molecule has 7 nitrogen and oxygen atoms in total. The van der Waals surface area contributed by atoms with Gasteiger partial charge >= 0.3 is 0 Å². The summed E-state index contributed by atoms with van der Waals surface area (Å²) >= 11 is 0. The lowest BCUT2D eigenvalue weighted by Crippen LogP contribution is -2.42. The van der Waals surface area contributed by atoms with E-state index < -0.39 is 0 Å². The fourth-order valence-electron chi connectivity index (χ4n) is 3.75. The highest BCUT2D eigenvalue weighted by Gasteiger charge is 2.34. The third-order valence-corrected chi connectivity index (χ3v) is 5.27. The van der Waals surface area contributed by atoms with Gasteiger partial charge in [0, 0.05) is 51.1 Å². The van der Waals surface area contributed by atoms with E-state index in [1.807, 2.05) is 51.9 Å². The summed E-state index contributed by atoms with van der Waals surface area (Å²) in [5.41, 5.74) is 2.19. The van der Waals surface area contributed by atoms with Crippen LogP contribution in [0.25, 0.3) is 0 Å². The number of benzene rings is 1. The van der Waals surface area contributed by atoms with Crippen LogP contribution in [0.2, 0.25) is 0 Å². The maximum absolute atomic E-state index is 12.9. The first-order valence-electron chi connectivity index (χ1n) is 10.2. The van der Waals surface area contributed by atoms with Gasteiger partial charge in [0.2, 0.25) is 5.91 Å². The lowest BCUT2D eigenvalue weighted by atomic mass is 10.0. The number of terminal acetylenes is 1. The molecule has 1 atom stereocenters. The molecule has 0 saturated heterocycles. The molecule has 1 N–H and O–H groups in total. The smallest absolute Gasteiger partial charge is 0.271 e. The van der Waals surface area contributed by atoms with E-state index in [9.17, 15) is 9.59 Å². The first kappa shape index (κ1) is 20.4.